The molecule has 0 bridgehead atoms. The van der Waals surface area contributed by atoms with Gasteiger partial charge in [0, 0.05) is 12.7 Å². The van der Waals surface area contributed by atoms with Crippen LogP contribution in [0.25, 0.3) is 0 Å². The van der Waals surface area contributed by atoms with E-state index in [0.29, 0.717) is 18.8 Å². The third-order valence-corrected chi connectivity index (χ3v) is 2.12. The summed E-state index contributed by atoms with van der Waals surface area (Å²) in [5.74, 6) is -0.535. The molecule has 0 saturated carbocycles. The highest BCUT2D eigenvalue weighted by molar-refractivity contribution is 5.84. The highest BCUT2D eigenvalue weighted by Gasteiger charge is 2.08. The quantitative estimate of drug-likeness (QED) is 0.802. The molecule has 0 unspecified atom stereocenters. The molecule has 0 saturated heterocycles. The van der Waals surface area contributed by atoms with Gasteiger partial charge in [0.2, 0.25) is 5.76 Å². The number of hydrogen-bond donors (Lipinski definition) is 2. The number of aromatic nitrogens is 2. The van der Waals surface area contributed by atoms with Gasteiger partial charge in [-0.15, -0.1) is 0 Å². The fourth-order valence-electron chi connectivity index (χ4n) is 1.32. The SMILES string of the molecule is O=C(O)c1ccc(CNCc2ccncn2)o1. The van der Waals surface area contributed by atoms with Crippen LogP contribution < -0.4 is 5.32 Å². The van der Waals surface area contributed by atoms with Gasteiger partial charge >= 0.3 is 5.97 Å². The smallest absolute Gasteiger partial charge is 0.371 e. The summed E-state index contributed by atoms with van der Waals surface area (Å²) in [5.41, 5.74) is 0.866. The van der Waals surface area contributed by atoms with E-state index in [1.54, 1.807) is 18.3 Å². The van der Waals surface area contributed by atoms with E-state index in [4.69, 9.17) is 9.52 Å². The van der Waals surface area contributed by atoms with Gasteiger partial charge in [-0.1, -0.05) is 0 Å². The van der Waals surface area contributed by atoms with Crippen LogP contribution in [-0.4, -0.2) is 21.0 Å². The number of aromatic carboxylic acids is 1. The number of carboxylic acids is 1. The molecular weight excluding hydrogens is 222 g/mol. The summed E-state index contributed by atoms with van der Waals surface area (Å²) in [4.78, 5) is 18.4. The zero-order valence-electron chi connectivity index (χ0n) is 8.96. The fourth-order valence-corrected chi connectivity index (χ4v) is 1.32. The van der Waals surface area contributed by atoms with Crippen molar-refractivity contribution in [2.75, 3.05) is 0 Å². The Hall–Kier alpha value is -2.21. The summed E-state index contributed by atoms with van der Waals surface area (Å²) < 4.78 is 5.09. The number of rotatable bonds is 5. The van der Waals surface area contributed by atoms with Crippen molar-refractivity contribution >= 4 is 5.97 Å². The van der Waals surface area contributed by atoms with E-state index < -0.39 is 5.97 Å². The maximum Gasteiger partial charge on any atom is 0.371 e. The van der Waals surface area contributed by atoms with Crippen molar-refractivity contribution in [1.82, 2.24) is 15.3 Å². The first-order chi connectivity index (χ1) is 8.25. The van der Waals surface area contributed by atoms with Crippen molar-refractivity contribution in [2.24, 2.45) is 0 Å². The molecule has 0 atom stereocenters. The van der Waals surface area contributed by atoms with Crippen LogP contribution in [0.4, 0.5) is 0 Å². The predicted octanol–water partition coefficient (Wildman–Crippen LogP) is 1.06. The molecule has 6 nitrogen and oxygen atoms in total. The second-order valence-corrected chi connectivity index (χ2v) is 3.38. The standard InChI is InChI=1S/C11H11N3O3/c15-11(16)10-2-1-9(17-10)6-13-5-8-3-4-12-7-14-8/h1-4,7,13H,5-6H2,(H,15,16). The summed E-state index contributed by atoms with van der Waals surface area (Å²) in [7, 11) is 0. The third kappa shape index (κ3) is 3.12. The second-order valence-electron chi connectivity index (χ2n) is 3.38. The molecule has 88 valence electrons. The van der Waals surface area contributed by atoms with E-state index in [1.807, 2.05) is 0 Å². The van der Waals surface area contributed by atoms with Crippen LogP contribution in [-0.2, 0) is 13.1 Å². The van der Waals surface area contributed by atoms with E-state index in [-0.39, 0.29) is 5.76 Å². The fraction of sp³-hybridized carbons (Fsp3) is 0.182. The minimum absolute atomic E-state index is 0.0520. The summed E-state index contributed by atoms with van der Waals surface area (Å²) in [5, 5.41) is 11.8. The van der Waals surface area contributed by atoms with Crippen molar-refractivity contribution in [3.63, 3.8) is 0 Å². The van der Waals surface area contributed by atoms with Gasteiger partial charge in [-0.3, -0.25) is 0 Å². The third-order valence-electron chi connectivity index (χ3n) is 2.12. The van der Waals surface area contributed by atoms with Gasteiger partial charge in [-0.25, -0.2) is 14.8 Å². The van der Waals surface area contributed by atoms with E-state index in [1.165, 1.54) is 12.4 Å². The Morgan fingerprint density at radius 3 is 2.88 bits per heavy atom. The summed E-state index contributed by atoms with van der Waals surface area (Å²) >= 11 is 0. The lowest BCUT2D eigenvalue weighted by Crippen LogP contribution is -2.13. The van der Waals surface area contributed by atoms with Crippen LogP contribution >= 0.6 is 0 Å². The molecule has 2 aromatic heterocycles. The highest BCUT2D eigenvalue weighted by Crippen LogP contribution is 2.07. The molecule has 0 aliphatic rings. The molecule has 2 aromatic rings. The minimum Gasteiger partial charge on any atom is -0.475 e. The average Bonchev–Trinajstić information content (AvgIpc) is 2.79. The lowest BCUT2D eigenvalue weighted by Gasteiger charge is -2.01. The Bertz CT molecular complexity index is 496. The second kappa shape index (κ2) is 5.22. The largest absolute Gasteiger partial charge is 0.475 e. The molecule has 0 radical (unpaired) electrons. The van der Waals surface area contributed by atoms with Gasteiger partial charge in [-0.05, 0) is 18.2 Å². The van der Waals surface area contributed by atoms with E-state index in [0.717, 1.165) is 5.69 Å². The van der Waals surface area contributed by atoms with Crippen LogP contribution in [0, 0.1) is 0 Å². The predicted molar refractivity (Wildman–Crippen MR) is 58.2 cm³/mol. The topological polar surface area (TPSA) is 88.2 Å². The molecule has 0 aromatic carbocycles. The van der Waals surface area contributed by atoms with E-state index >= 15 is 0 Å². The number of carboxylic acid groups (broad SMARTS) is 1. The van der Waals surface area contributed by atoms with Crippen molar-refractivity contribution in [2.45, 2.75) is 13.1 Å². The van der Waals surface area contributed by atoms with Crippen LogP contribution in [0.1, 0.15) is 22.0 Å². The molecule has 6 heteroatoms. The molecule has 0 aliphatic carbocycles. The number of nitrogens with zero attached hydrogens (tertiary/aromatic N) is 2. The molecular formula is C11H11N3O3. The molecule has 17 heavy (non-hydrogen) atoms. The summed E-state index contributed by atoms with van der Waals surface area (Å²) in [6.07, 6.45) is 3.14. The van der Waals surface area contributed by atoms with Crippen molar-refractivity contribution in [1.29, 1.82) is 0 Å². The first-order valence-corrected chi connectivity index (χ1v) is 5.03. The van der Waals surface area contributed by atoms with Gasteiger partial charge in [0.05, 0.1) is 12.2 Å². The number of furan rings is 1. The molecule has 0 fully saturated rings. The Kier molecular flexibility index (Phi) is 3.46. The van der Waals surface area contributed by atoms with Gasteiger partial charge in [0.25, 0.3) is 0 Å². The van der Waals surface area contributed by atoms with Gasteiger partial charge in [0.15, 0.2) is 0 Å². The molecule has 2 rings (SSSR count). The van der Waals surface area contributed by atoms with Gasteiger partial charge in [-0.2, -0.15) is 0 Å². The minimum atomic E-state index is -1.06. The first kappa shape index (κ1) is 11.3. The highest BCUT2D eigenvalue weighted by atomic mass is 16.4. The molecule has 2 heterocycles. The lowest BCUT2D eigenvalue weighted by molar-refractivity contribution is 0.0660. The zero-order valence-corrected chi connectivity index (χ0v) is 8.96. The van der Waals surface area contributed by atoms with E-state index in [2.05, 4.69) is 15.3 Å². The number of hydrogen-bond acceptors (Lipinski definition) is 5. The van der Waals surface area contributed by atoms with Crippen LogP contribution in [0.15, 0.2) is 35.1 Å². The Balaban J connectivity index is 1.84. The van der Waals surface area contributed by atoms with Crippen LogP contribution in [0.2, 0.25) is 0 Å². The summed E-state index contributed by atoms with van der Waals surface area (Å²) in [6.45, 7) is 1.03. The maximum atomic E-state index is 10.6. The zero-order chi connectivity index (χ0) is 12.1. The maximum absolute atomic E-state index is 10.6. The van der Waals surface area contributed by atoms with Crippen LogP contribution in [0.5, 0.6) is 0 Å². The van der Waals surface area contributed by atoms with Gasteiger partial charge in [0.1, 0.15) is 12.1 Å². The Labute approximate surface area is 97.3 Å². The van der Waals surface area contributed by atoms with Crippen molar-refractivity contribution in [3.8, 4) is 0 Å². The molecule has 0 amide bonds. The Morgan fingerprint density at radius 2 is 2.24 bits per heavy atom. The number of carbonyl (C=O) groups is 1. The number of nitrogens with one attached hydrogen (secondary N) is 1. The van der Waals surface area contributed by atoms with E-state index in [9.17, 15) is 4.79 Å². The summed E-state index contributed by atoms with van der Waals surface area (Å²) in [6, 6.07) is 4.87. The normalized spacial score (nSPS) is 10.4. The lowest BCUT2D eigenvalue weighted by atomic mass is 10.4. The van der Waals surface area contributed by atoms with Crippen LogP contribution in [0.3, 0.4) is 0 Å². The monoisotopic (exact) mass is 233 g/mol. The van der Waals surface area contributed by atoms with Crippen molar-refractivity contribution in [3.05, 3.63) is 47.9 Å². The molecule has 0 spiro atoms. The Morgan fingerprint density at radius 1 is 1.35 bits per heavy atom. The molecule has 0 aliphatic heterocycles. The first-order valence-electron chi connectivity index (χ1n) is 5.03. The van der Waals surface area contributed by atoms with Crippen molar-refractivity contribution < 1.29 is 14.3 Å². The van der Waals surface area contributed by atoms with Gasteiger partial charge < -0.3 is 14.8 Å². The molecule has 2 N–H and O–H groups in total. The average molecular weight is 233 g/mol.